The molecular weight excluding hydrogens is 284 g/mol. The zero-order chi connectivity index (χ0) is 15.0. The molecule has 0 saturated heterocycles. The van der Waals surface area contributed by atoms with E-state index in [1.807, 2.05) is 18.2 Å². The highest BCUT2D eigenvalue weighted by atomic mass is 32.2. The van der Waals surface area contributed by atoms with Crippen LogP contribution in [0.2, 0.25) is 19.6 Å². The maximum atomic E-state index is 5.24. The van der Waals surface area contributed by atoms with E-state index in [0.717, 1.165) is 5.56 Å². The maximum absolute atomic E-state index is 5.24. The first-order chi connectivity index (χ1) is 9.46. The minimum Gasteiger partial charge on any atom is -0.493 e. The van der Waals surface area contributed by atoms with Crippen LogP contribution in [0.4, 0.5) is 0 Å². The summed E-state index contributed by atoms with van der Waals surface area (Å²) in [6.07, 6.45) is 0. The van der Waals surface area contributed by atoms with Gasteiger partial charge in [0.05, 0.1) is 20.0 Å². The molecule has 0 amide bonds. The van der Waals surface area contributed by atoms with Crippen LogP contribution in [0, 0.1) is 22.6 Å². The number of methoxy groups -OCH3 is 2. The third-order valence-electron chi connectivity index (χ3n) is 2.26. The second-order valence-electron chi connectivity index (χ2n) is 5.14. The molecule has 2 nitrogen and oxygen atoms in total. The van der Waals surface area contributed by atoms with Gasteiger partial charge in [0, 0.05) is 5.56 Å². The summed E-state index contributed by atoms with van der Waals surface area (Å²) in [6.45, 7) is 6.70. The average Bonchev–Trinajstić information content (AvgIpc) is 2.41. The van der Waals surface area contributed by atoms with Crippen LogP contribution in [-0.2, 0) is 0 Å². The Hall–Kier alpha value is -1.49. The number of benzene rings is 1. The van der Waals surface area contributed by atoms with Gasteiger partial charge >= 0.3 is 0 Å². The van der Waals surface area contributed by atoms with Gasteiger partial charge in [0.15, 0.2) is 11.5 Å². The van der Waals surface area contributed by atoms with Gasteiger partial charge in [-0.05, 0) is 23.5 Å². The fourth-order valence-corrected chi connectivity index (χ4v) is 3.04. The molecule has 0 atom stereocenters. The molecule has 20 heavy (non-hydrogen) atoms. The van der Waals surface area contributed by atoms with Gasteiger partial charge in [0.2, 0.25) is 0 Å². The van der Waals surface area contributed by atoms with Gasteiger partial charge < -0.3 is 9.47 Å². The van der Waals surface area contributed by atoms with Crippen molar-refractivity contribution in [2.75, 3.05) is 20.0 Å². The summed E-state index contributed by atoms with van der Waals surface area (Å²) in [4.78, 5) is 0. The summed E-state index contributed by atoms with van der Waals surface area (Å²) in [5.41, 5.74) is 4.22. The Bertz CT molecular complexity index is 568. The molecule has 1 aromatic rings. The van der Waals surface area contributed by atoms with Crippen molar-refractivity contribution in [3.05, 3.63) is 23.8 Å². The fraction of sp³-hybridized carbons (Fsp3) is 0.375. The van der Waals surface area contributed by atoms with E-state index in [4.69, 9.17) is 9.47 Å². The lowest BCUT2D eigenvalue weighted by Crippen LogP contribution is -2.15. The first-order valence-electron chi connectivity index (χ1n) is 6.31. The summed E-state index contributed by atoms with van der Waals surface area (Å²) in [7, 11) is 1.98. The number of hydrogen-bond acceptors (Lipinski definition) is 3. The molecule has 0 aromatic heterocycles. The molecule has 0 N–H and O–H groups in total. The first-order valence-corrected chi connectivity index (χ1v) is 10.8. The molecule has 0 heterocycles. The summed E-state index contributed by atoms with van der Waals surface area (Å²) >= 11 is 1.56. The van der Waals surface area contributed by atoms with E-state index in [0.29, 0.717) is 17.3 Å². The molecule has 0 saturated carbocycles. The molecule has 106 valence electrons. The minimum absolute atomic E-state index is 0.700. The molecule has 0 bridgehead atoms. The van der Waals surface area contributed by atoms with Crippen LogP contribution in [0.3, 0.4) is 0 Å². The zero-order valence-corrected chi connectivity index (χ0v) is 14.5. The Morgan fingerprint density at radius 2 is 1.80 bits per heavy atom. The second kappa shape index (κ2) is 7.94. The van der Waals surface area contributed by atoms with Crippen molar-refractivity contribution < 1.29 is 9.47 Å². The molecule has 1 rings (SSSR count). The zero-order valence-electron chi connectivity index (χ0n) is 12.7. The molecular formula is C16H20O2SSi. The second-order valence-corrected chi connectivity index (χ2v) is 10.7. The molecule has 0 aliphatic carbocycles. The Morgan fingerprint density at radius 3 is 2.40 bits per heavy atom. The van der Waals surface area contributed by atoms with Gasteiger partial charge in [-0.3, -0.25) is 0 Å². The molecule has 0 spiro atoms. The predicted octanol–water partition coefficient (Wildman–Crippen LogP) is 3.63. The quantitative estimate of drug-likeness (QED) is 0.483. The van der Waals surface area contributed by atoms with Crippen molar-refractivity contribution >= 4 is 19.8 Å². The van der Waals surface area contributed by atoms with Crippen LogP contribution in [0.25, 0.3) is 0 Å². The number of thioether (sulfide) groups is 1. The van der Waals surface area contributed by atoms with Gasteiger partial charge in [-0.25, -0.2) is 0 Å². The lowest BCUT2D eigenvalue weighted by Gasteiger charge is -2.06. The highest BCUT2D eigenvalue weighted by Crippen LogP contribution is 2.27. The summed E-state index contributed by atoms with van der Waals surface area (Å²) in [6, 6.07) is 5.66. The Morgan fingerprint density at radius 1 is 1.10 bits per heavy atom. The highest BCUT2D eigenvalue weighted by molar-refractivity contribution is 8.04. The lowest BCUT2D eigenvalue weighted by atomic mass is 10.2. The van der Waals surface area contributed by atoms with Crippen LogP contribution in [-0.4, -0.2) is 28.0 Å². The Labute approximate surface area is 127 Å². The van der Waals surface area contributed by atoms with E-state index < -0.39 is 8.07 Å². The van der Waals surface area contributed by atoms with Crippen molar-refractivity contribution in [3.8, 4) is 34.1 Å². The molecule has 0 unspecified atom stereocenters. The van der Waals surface area contributed by atoms with Gasteiger partial charge in [-0.1, -0.05) is 43.2 Å². The lowest BCUT2D eigenvalue weighted by molar-refractivity contribution is 0.355. The van der Waals surface area contributed by atoms with Crippen molar-refractivity contribution in [2.45, 2.75) is 19.6 Å². The van der Waals surface area contributed by atoms with E-state index in [9.17, 15) is 0 Å². The van der Waals surface area contributed by atoms with Crippen LogP contribution in [0.5, 0.6) is 11.5 Å². The molecule has 4 heteroatoms. The van der Waals surface area contributed by atoms with Crippen LogP contribution >= 0.6 is 11.8 Å². The van der Waals surface area contributed by atoms with E-state index in [-0.39, 0.29) is 0 Å². The SMILES string of the molecule is COc1ccc(C#CCSC#C[Si](C)(C)C)cc1OC. The predicted molar refractivity (Wildman–Crippen MR) is 90.0 cm³/mol. The van der Waals surface area contributed by atoms with E-state index in [1.165, 1.54) is 0 Å². The third-order valence-corrected chi connectivity index (χ3v) is 3.85. The number of rotatable bonds is 3. The van der Waals surface area contributed by atoms with E-state index in [1.54, 1.807) is 26.0 Å². The van der Waals surface area contributed by atoms with Crippen molar-refractivity contribution in [1.29, 1.82) is 0 Å². The first kappa shape index (κ1) is 16.6. The number of hydrogen-bond donors (Lipinski definition) is 0. The van der Waals surface area contributed by atoms with Crippen LogP contribution in [0.15, 0.2) is 18.2 Å². The maximum Gasteiger partial charge on any atom is 0.161 e. The topological polar surface area (TPSA) is 18.5 Å². The van der Waals surface area contributed by atoms with Gasteiger partial charge in [0.25, 0.3) is 0 Å². The van der Waals surface area contributed by atoms with E-state index in [2.05, 4.69) is 42.3 Å². The molecule has 0 aliphatic rings. The smallest absolute Gasteiger partial charge is 0.161 e. The summed E-state index contributed by atoms with van der Waals surface area (Å²) in [5, 5.41) is 3.13. The van der Waals surface area contributed by atoms with Crippen LogP contribution < -0.4 is 9.47 Å². The van der Waals surface area contributed by atoms with Crippen molar-refractivity contribution in [3.63, 3.8) is 0 Å². The summed E-state index contributed by atoms with van der Waals surface area (Å²) in [5.74, 6) is 8.34. The highest BCUT2D eigenvalue weighted by Gasteiger charge is 2.07. The van der Waals surface area contributed by atoms with Gasteiger partial charge in [-0.15, -0.1) is 5.54 Å². The molecule has 1 aromatic carbocycles. The van der Waals surface area contributed by atoms with E-state index >= 15 is 0 Å². The minimum atomic E-state index is -1.26. The Kier molecular flexibility index (Phi) is 6.58. The third kappa shape index (κ3) is 6.10. The van der Waals surface area contributed by atoms with Gasteiger partial charge in [-0.2, -0.15) is 0 Å². The Balaban J connectivity index is 2.61. The average molecular weight is 304 g/mol. The molecule has 0 aliphatic heterocycles. The fourth-order valence-electron chi connectivity index (χ4n) is 1.31. The van der Waals surface area contributed by atoms with Crippen molar-refractivity contribution in [1.82, 2.24) is 0 Å². The molecule has 0 radical (unpaired) electrons. The monoisotopic (exact) mass is 304 g/mol. The molecule has 0 fully saturated rings. The standard InChI is InChI=1S/C16H20O2SSi/c1-17-15-9-8-14(13-16(15)18-2)7-6-10-19-11-12-20(3,4)5/h8-9,13H,10H2,1-5H3. The largest absolute Gasteiger partial charge is 0.493 e. The van der Waals surface area contributed by atoms with Gasteiger partial charge in [0.1, 0.15) is 8.07 Å². The normalized spacial score (nSPS) is 9.85. The van der Waals surface area contributed by atoms with Crippen LogP contribution in [0.1, 0.15) is 5.56 Å². The van der Waals surface area contributed by atoms with Crippen molar-refractivity contribution in [2.24, 2.45) is 0 Å². The summed E-state index contributed by atoms with van der Waals surface area (Å²) < 4.78 is 10.4. The number of ether oxygens (including phenoxy) is 2.